The van der Waals surface area contributed by atoms with Gasteiger partial charge in [-0.25, -0.2) is 9.78 Å². The number of aromatic nitrogens is 1. The number of nitrogens with zero attached hydrogens (tertiary/aromatic N) is 5. The number of piperazine rings is 1. The maximum atomic E-state index is 13.8. The summed E-state index contributed by atoms with van der Waals surface area (Å²) in [5.41, 5.74) is -7.23. The third-order valence-corrected chi connectivity index (χ3v) is 8.26. The standard InChI is InChI=1S/C30H36F6N6O4/c1-5-6-20-17-24(37-18-23(20)28(39-45,29(31,32)33)30(34,35)36)41-14-11-40(12-15-41)13-16-42-25(43)27(4,38-26(42)44)21-7-9-22(10-8-21)46-19(2)3/h7-10,17-19H,5-6,11-16H2,1-4H3,(H,38,44). The maximum absolute atomic E-state index is 13.8. The van der Waals surface area contributed by atoms with Crippen LogP contribution in [0.1, 0.15) is 50.8 Å². The van der Waals surface area contributed by atoms with Crippen molar-refractivity contribution in [2.24, 2.45) is 5.18 Å². The molecule has 1 N–H and O–H groups in total. The number of aryl methyl sites for hydroxylation is 1. The van der Waals surface area contributed by atoms with Crippen LogP contribution >= 0.6 is 0 Å². The van der Waals surface area contributed by atoms with E-state index in [0.717, 1.165) is 11.0 Å². The Morgan fingerprint density at radius 2 is 1.61 bits per heavy atom. The number of alkyl halides is 6. The van der Waals surface area contributed by atoms with E-state index in [-0.39, 0.29) is 36.9 Å². The van der Waals surface area contributed by atoms with Gasteiger partial charge in [0.15, 0.2) is 0 Å². The van der Waals surface area contributed by atoms with Crippen LogP contribution in [-0.2, 0) is 22.3 Å². The Hall–Kier alpha value is -3.95. The SMILES string of the molecule is CCCc1cc(N2CCN(CCN3C(=O)NC(C)(c4ccc(OC(C)C)cc4)C3=O)CC2)ncc1C(N=O)(C(F)(F)F)C(F)(F)F. The van der Waals surface area contributed by atoms with Crippen molar-refractivity contribution in [1.82, 2.24) is 20.1 Å². The highest BCUT2D eigenvalue weighted by atomic mass is 19.4. The first-order chi connectivity index (χ1) is 21.5. The Kier molecular flexibility index (Phi) is 9.90. The van der Waals surface area contributed by atoms with E-state index in [0.29, 0.717) is 50.2 Å². The molecule has 3 heterocycles. The van der Waals surface area contributed by atoms with E-state index in [1.54, 1.807) is 48.2 Å². The maximum Gasteiger partial charge on any atom is 0.430 e. The molecule has 0 radical (unpaired) electrons. The lowest BCUT2D eigenvalue weighted by atomic mass is 9.85. The van der Waals surface area contributed by atoms with E-state index < -0.39 is 40.9 Å². The third kappa shape index (κ3) is 6.48. The van der Waals surface area contributed by atoms with Crippen molar-refractivity contribution in [1.29, 1.82) is 0 Å². The highest BCUT2D eigenvalue weighted by molar-refractivity contribution is 6.07. The van der Waals surface area contributed by atoms with Crippen LogP contribution < -0.4 is 15.0 Å². The van der Waals surface area contributed by atoms with Gasteiger partial charge in [-0.15, -0.1) is 4.91 Å². The second-order valence-electron chi connectivity index (χ2n) is 11.8. The predicted octanol–water partition coefficient (Wildman–Crippen LogP) is 5.50. The fourth-order valence-corrected chi connectivity index (χ4v) is 5.75. The fourth-order valence-electron chi connectivity index (χ4n) is 5.75. The number of anilines is 1. The van der Waals surface area contributed by atoms with Crippen molar-refractivity contribution in [2.45, 2.75) is 70.1 Å². The van der Waals surface area contributed by atoms with Crippen molar-refractivity contribution >= 4 is 17.8 Å². The number of hydrogen-bond donors (Lipinski definition) is 1. The Morgan fingerprint density at radius 3 is 2.13 bits per heavy atom. The second-order valence-corrected chi connectivity index (χ2v) is 11.8. The number of nitroso groups, excluding NO2 is 1. The topological polar surface area (TPSA) is 107 Å². The molecule has 2 aliphatic rings. The van der Waals surface area contributed by atoms with E-state index in [2.05, 4.69) is 10.3 Å². The van der Waals surface area contributed by atoms with Crippen LogP contribution in [0.3, 0.4) is 0 Å². The number of hydrogen-bond acceptors (Lipinski definition) is 8. The number of rotatable bonds is 11. The Morgan fingerprint density at radius 1 is 1.00 bits per heavy atom. The summed E-state index contributed by atoms with van der Waals surface area (Å²) in [6.07, 6.45) is -11.6. The number of imide groups is 1. The van der Waals surface area contributed by atoms with Crippen LogP contribution in [0, 0.1) is 4.91 Å². The van der Waals surface area contributed by atoms with Crippen LogP contribution in [0.25, 0.3) is 0 Å². The van der Waals surface area contributed by atoms with Gasteiger partial charge in [-0.05, 0) is 61.7 Å². The monoisotopic (exact) mass is 658 g/mol. The fraction of sp³-hybridized carbons (Fsp3) is 0.567. The summed E-state index contributed by atoms with van der Waals surface area (Å²) in [6, 6.07) is 7.55. The van der Waals surface area contributed by atoms with E-state index in [9.17, 15) is 40.8 Å². The molecule has 252 valence electrons. The van der Waals surface area contributed by atoms with Gasteiger partial charge in [-0.2, -0.15) is 26.3 Å². The smallest absolute Gasteiger partial charge is 0.430 e. The summed E-state index contributed by atoms with van der Waals surface area (Å²) < 4.78 is 88.3. The van der Waals surface area contributed by atoms with Crippen molar-refractivity contribution in [2.75, 3.05) is 44.2 Å². The van der Waals surface area contributed by atoms with E-state index >= 15 is 0 Å². The molecular weight excluding hydrogens is 622 g/mol. The molecule has 0 aliphatic carbocycles. The molecule has 1 unspecified atom stereocenters. The van der Waals surface area contributed by atoms with E-state index in [1.807, 2.05) is 18.7 Å². The van der Waals surface area contributed by atoms with Crippen molar-refractivity contribution in [3.05, 3.63) is 58.1 Å². The van der Waals surface area contributed by atoms with Crippen molar-refractivity contribution < 1.29 is 40.7 Å². The lowest BCUT2D eigenvalue weighted by Gasteiger charge is -2.37. The van der Waals surface area contributed by atoms with E-state index in [4.69, 9.17) is 4.74 Å². The lowest BCUT2D eigenvalue weighted by molar-refractivity contribution is -0.301. The quantitative estimate of drug-likeness (QED) is 0.193. The number of halogens is 6. The summed E-state index contributed by atoms with van der Waals surface area (Å²) in [7, 11) is 0. The average molecular weight is 659 g/mol. The molecule has 4 rings (SSSR count). The molecule has 1 aromatic heterocycles. The zero-order chi connectivity index (χ0) is 34.1. The molecule has 46 heavy (non-hydrogen) atoms. The molecule has 0 saturated carbocycles. The van der Waals surface area contributed by atoms with Gasteiger partial charge in [-0.3, -0.25) is 14.6 Å². The number of urea groups is 1. The number of nitrogens with one attached hydrogen (secondary N) is 1. The Balaban J connectivity index is 1.41. The van der Waals surface area contributed by atoms with Gasteiger partial charge in [0.25, 0.3) is 5.91 Å². The van der Waals surface area contributed by atoms with Crippen LogP contribution in [0.2, 0.25) is 0 Å². The minimum Gasteiger partial charge on any atom is -0.491 e. The van der Waals surface area contributed by atoms with Crippen LogP contribution in [0.5, 0.6) is 5.75 Å². The number of pyridine rings is 1. The molecule has 2 fully saturated rings. The number of amides is 3. The summed E-state index contributed by atoms with van der Waals surface area (Å²) in [5.74, 6) is 0.405. The van der Waals surface area contributed by atoms with Crippen LogP contribution in [0.15, 0.2) is 41.7 Å². The second kappa shape index (κ2) is 13.0. The Labute approximate surface area is 262 Å². The molecule has 2 aliphatic heterocycles. The molecule has 0 spiro atoms. The average Bonchev–Trinajstić information content (AvgIpc) is 3.19. The summed E-state index contributed by atoms with van der Waals surface area (Å²) in [4.78, 5) is 46.2. The van der Waals surface area contributed by atoms with Gasteiger partial charge in [0.2, 0.25) is 0 Å². The van der Waals surface area contributed by atoms with Gasteiger partial charge in [-0.1, -0.05) is 25.5 Å². The van der Waals surface area contributed by atoms with Gasteiger partial charge in [0, 0.05) is 51.0 Å². The van der Waals surface area contributed by atoms with Crippen LogP contribution in [-0.4, -0.2) is 84.4 Å². The number of carbonyl (C=O) groups excluding carboxylic acids is 2. The molecule has 1 aromatic carbocycles. The Bertz CT molecular complexity index is 1410. The molecule has 10 nitrogen and oxygen atoms in total. The van der Waals surface area contributed by atoms with Crippen molar-refractivity contribution in [3.8, 4) is 5.75 Å². The van der Waals surface area contributed by atoms with Gasteiger partial charge in [0.1, 0.15) is 17.1 Å². The normalized spacial score (nSPS) is 20.0. The third-order valence-electron chi connectivity index (χ3n) is 8.26. The first-order valence-corrected chi connectivity index (χ1v) is 14.8. The molecular formula is C30H36F6N6O4. The van der Waals surface area contributed by atoms with Crippen LogP contribution in [0.4, 0.5) is 37.0 Å². The largest absolute Gasteiger partial charge is 0.491 e. The summed E-state index contributed by atoms with van der Waals surface area (Å²) in [6.45, 7) is 8.98. The first kappa shape index (κ1) is 34.9. The first-order valence-electron chi connectivity index (χ1n) is 14.8. The molecule has 0 bridgehead atoms. The molecule has 3 amide bonds. The number of benzene rings is 1. The van der Waals surface area contributed by atoms with Crippen molar-refractivity contribution in [3.63, 3.8) is 0 Å². The predicted molar refractivity (Wildman–Crippen MR) is 156 cm³/mol. The van der Waals surface area contributed by atoms with Gasteiger partial charge >= 0.3 is 23.9 Å². The van der Waals surface area contributed by atoms with Gasteiger partial charge in [0.05, 0.1) is 6.10 Å². The number of ether oxygens (including phenoxy) is 1. The lowest BCUT2D eigenvalue weighted by Crippen LogP contribution is -2.53. The molecule has 16 heteroatoms. The molecule has 2 aromatic rings. The summed E-state index contributed by atoms with van der Waals surface area (Å²) in [5, 5.41) is 4.38. The van der Waals surface area contributed by atoms with Gasteiger partial charge < -0.3 is 15.0 Å². The molecule has 1 atom stereocenters. The minimum atomic E-state index is -6.03. The summed E-state index contributed by atoms with van der Waals surface area (Å²) >= 11 is 0. The van der Waals surface area contributed by atoms with E-state index in [1.165, 1.54) is 0 Å². The zero-order valence-electron chi connectivity index (χ0n) is 25.8. The minimum absolute atomic E-state index is 0.0234. The zero-order valence-corrected chi connectivity index (χ0v) is 25.8. The highest BCUT2D eigenvalue weighted by Gasteiger charge is 2.75. The molecule has 2 saturated heterocycles. The number of carbonyl (C=O) groups is 2. The highest BCUT2D eigenvalue weighted by Crippen LogP contribution is 2.54.